The standard InChI is InChI=1S/C9H16ClF3O/c1-7(2)3-8(4-10)5-14-6-9(11,12)13/h7-8H,3-6H2,1-2H3. The van der Waals surface area contributed by atoms with Gasteiger partial charge in [-0.15, -0.1) is 11.6 Å². The molecule has 5 heteroatoms. The zero-order valence-electron chi connectivity index (χ0n) is 8.40. The van der Waals surface area contributed by atoms with Gasteiger partial charge in [-0.1, -0.05) is 13.8 Å². The van der Waals surface area contributed by atoms with Crippen LogP contribution in [0.4, 0.5) is 13.2 Å². The zero-order valence-corrected chi connectivity index (χ0v) is 9.16. The molecule has 1 atom stereocenters. The lowest BCUT2D eigenvalue weighted by Gasteiger charge is -2.16. The lowest BCUT2D eigenvalue weighted by molar-refractivity contribution is -0.176. The molecule has 0 saturated heterocycles. The largest absolute Gasteiger partial charge is 0.411 e. The minimum atomic E-state index is -4.24. The van der Waals surface area contributed by atoms with E-state index >= 15 is 0 Å². The topological polar surface area (TPSA) is 9.23 Å². The smallest absolute Gasteiger partial charge is 0.372 e. The highest BCUT2D eigenvalue weighted by Gasteiger charge is 2.27. The fraction of sp³-hybridized carbons (Fsp3) is 1.00. The molecule has 0 aliphatic rings. The van der Waals surface area contributed by atoms with Crippen LogP contribution in [-0.4, -0.2) is 25.3 Å². The van der Waals surface area contributed by atoms with E-state index in [4.69, 9.17) is 11.6 Å². The summed E-state index contributed by atoms with van der Waals surface area (Å²) in [6.07, 6.45) is -3.45. The van der Waals surface area contributed by atoms with Crippen molar-refractivity contribution in [1.82, 2.24) is 0 Å². The van der Waals surface area contributed by atoms with E-state index in [2.05, 4.69) is 4.74 Å². The first-order valence-electron chi connectivity index (χ1n) is 4.55. The second-order valence-electron chi connectivity index (χ2n) is 3.78. The SMILES string of the molecule is CC(C)CC(CCl)COCC(F)(F)F. The van der Waals surface area contributed by atoms with Crippen molar-refractivity contribution in [2.45, 2.75) is 26.4 Å². The van der Waals surface area contributed by atoms with E-state index in [-0.39, 0.29) is 12.5 Å². The summed E-state index contributed by atoms with van der Waals surface area (Å²) in [7, 11) is 0. The highest BCUT2D eigenvalue weighted by Crippen LogP contribution is 2.17. The Balaban J connectivity index is 3.63. The molecule has 0 saturated carbocycles. The molecule has 0 aromatic carbocycles. The summed E-state index contributed by atoms with van der Waals surface area (Å²) >= 11 is 5.60. The second kappa shape index (κ2) is 6.51. The predicted octanol–water partition coefficient (Wildman–Crippen LogP) is 3.47. The van der Waals surface area contributed by atoms with Gasteiger partial charge in [-0.2, -0.15) is 13.2 Å². The van der Waals surface area contributed by atoms with Crippen LogP contribution in [0, 0.1) is 11.8 Å². The molecule has 0 N–H and O–H groups in total. The summed E-state index contributed by atoms with van der Waals surface area (Å²) in [5.41, 5.74) is 0. The van der Waals surface area contributed by atoms with E-state index in [0.29, 0.717) is 11.8 Å². The van der Waals surface area contributed by atoms with Gasteiger partial charge < -0.3 is 4.74 Å². The Hall–Kier alpha value is 0.0400. The van der Waals surface area contributed by atoms with Crippen LogP contribution in [0.1, 0.15) is 20.3 Å². The predicted molar refractivity (Wildman–Crippen MR) is 50.5 cm³/mol. The maximum Gasteiger partial charge on any atom is 0.411 e. The molecule has 0 aromatic rings. The third-order valence-corrected chi connectivity index (χ3v) is 2.08. The Morgan fingerprint density at radius 1 is 1.29 bits per heavy atom. The maximum atomic E-state index is 11.7. The van der Waals surface area contributed by atoms with Crippen LogP contribution in [-0.2, 0) is 4.74 Å². The summed E-state index contributed by atoms with van der Waals surface area (Å²) in [4.78, 5) is 0. The van der Waals surface area contributed by atoms with Crippen molar-refractivity contribution in [3.8, 4) is 0 Å². The molecule has 1 unspecified atom stereocenters. The van der Waals surface area contributed by atoms with Crippen molar-refractivity contribution in [3.05, 3.63) is 0 Å². The summed E-state index contributed by atoms with van der Waals surface area (Å²) in [6, 6.07) is 0. The van der Waals surface area contributed by atoms with Crippen molar-refractivity contribution in [1.29, 1.82) is 0 Å². The summed E-state index contributed by atoms with van der Waals surface area (Å²) < 4.78 is 39.7. The van der Waals surface area contributed by atoms with E-state index in [9.17, 15) is 13.2 Å². The van der Waals surface area contributed by atoms with E-state index < -0.39 is 12.8 Å². The van der Waals surface area contributed by atoms with E-state index in [1.165, 1.54) is 0 Å². The molecule has 0 aliphatic heterocycles. The molecule has 0 aliphatic carbocycles. The molecule has 14 heavy (non-hydrogen) atoms. The molecular weight excluding hydrogens is 217 g/mol. The van der Waals surface area contributed by atoms with Gasteiger partial charge in [-0.05, 0) is 18.3 Å². The first kappa shape index (κ1) is 14.0. The molecule has 0 aromatic heterocycles. The number of alkyl halides is 4. The fourth-order valence-corrected chi connectivity index (χ4v) is 1.40. The molecule has 0 heterocycles. The summed E-state index contributed by atoms with van der Waals surface area (Å²) in [5.74, 6) is 0.781. The molecule has 1 nitrogen and oxygen atoms in total. The molecule has 86 valence electrons. The Morgan fingerprint density at radius 2 is 1.86 bits per heavy atom. The van der Waals surface area contributed by atoms with E-state index in [1.807, 2.05) is 13.8 Å². The number of ether oxygens (including phenoxy) is 1. The molecule has 0 rings (SSSR count). The Labute approximate surface area is 87.6 Å². The summed E-state index contributed by atoms with van der Waals surface area (Å²) in [6.45, 7) is 2.91. The highest BCUT2D eigenvalue weighted by molar-refractivity contribution is 6.18. The van der Waals surface area contributed by atoms with Gasteiger partial charge in [0.25, 0.3) is 0 Å². The van der Waals surface area contributed by atoms with Crippen LogP contribution in [0.5, 0.6) is 0 Å². The van der Waals surface area contributed by atoms with Crippen LogP contribution in [0.3, 0.4) is 0 Å². The van der Waals surface area contributed by atoms with Crippen LogP contribution in [0.15, 0.2) is 0 Å². The number of hydrogen-bond acceptors (Lipinski definition) is 1. The third kappa shape index (κ3) is 8.63. The zero-order chi connectivity index (χ0) is 11.2. The van der Waals surface area contributed by atoms with Gasteiger partial charge in [0.1, 0.15) is 6.61 Å². The molecule has 0 spiro atoms. The maximum absolute atomic E-state index is 11.7. The minimum Gasteiger partial charge on any atom is -0.372 e. The number of rotatable bonds is 6. The molecular formula is C9H16ClF3O. The van der Waals surface area contributed by atoms with Crippen molar-refractivity contribution in [3.63, 3.8) is 0 Å². The minimum absolute atomic E-state index is 0.0130. The lowest BCUT2D eigenvalue weighted by atomic mass is 10.00. The first-order chi connectivity index (χ1) is 6.35. The summed E-state index contributed by atoms with van der Waals surface area (Å²) in [5, 5.41) is 0. The molecule has 0 radical (unpaired) electrons. The normalized spacial score (nSPS) is 14.8. The van der Waals surface area contributed by atoms with Gasteiger partial charge in [0.15, 0.2) is 0 Å². The second-order valence-corrected chi connectivity index (χ2v) is 4.09. The monoisotopic (exact) mass is 232 g/mol. The highest BCUT2D eigenvalue weighted by atomic mass is 35.5. The van der Waals surface area contributed by atoms with Gasteiger partial charge in [0.2, 0.25) is 0 Å². The van der Waals surface area contributed by atoms with Gasteiger partial charge in [-0.25, -0.2) is 0 Å². The number of hydrogen-bond donors (Lipinski definition) is 0. The molecule has 0 amide bonds. The fourth-order valence-electron chi connectivity index (χ4n) is 1.18. The molecule has 0 bridgehead atoms. The van der Waals surface area contributed by atoms with Gasteiger partial charge >= 0.3 is 6.18 Å². The van der Waals surface area contributed by atoms with E-state index in [1.54, 1.807) is 0 Å². The average molecular weight is 233 g/mol. The van der Waals surface area contributed by atoms with Crippen molar-refractivity contribution < 1.29 is 17.9 Å². The lowest BCUT2D eigenvalue weighted by Crippen LogP contribution is -2.21. The molecule has 0 fully saturated rings. The third-order valence-electron chi connectivity index (χ3n) is 1.64. The van der Waals surface area contributed by atoms with Crippen LogP contribution in [0.25, 0.3) is 0 Å². The Bertz CT molecular complexity index is 147. The van der Waals surface area contributed by atoms with Crippen molar-refractivity contribution in [2.75, 3.05) is 19.1 Å². The van der Waals surface area contributed by atoms with Crippen LogP contribution >= 0.6 is 11.6 Å². The van der Waals surface area contributed by atoms with Crippen LogP contribution in [0.2, 0.25) is 0 Å². The van der Waals surface area contributed by atoms with Crippen molar-refractivity contribution in [2.24, 2.45) is 11.8 Å². The Kier molecular flexibility index (Phi) is 6.53. The van der Waals surface area contributed by atoms with Gasteiger partial charge in [0, 0.05) is 5.88 Å². The van der Waals surface area contributed by atoms with Gasteiger partial charge in [0.05, 0.1) is 6.61 Å². The van der Waals surface area contributed by atoms with Crippen LogP contribution < -0.4 is 0 Å². The first-order valence-corrected chi connectivity index (χ1v) is 5.09. The Morgan fingerprint density at radius 3 is 2.21 bits per heavy atom. The van der Waals surface area contributed by atoms with E-state index in [0.717, 1.165) is 6.42 Å². The van der Waals surface area contributed by atoms with Gasteiger partial charge in [-0.3, -0.25) is 0 Å². The number of halogens is 4. The quantitative estimate of drug-likeness (QED) is 0.638. The average Bonchev–Trinajstić information content (AvgIpc) is 1.99. The van der Waals surface area contributed by atoms with Crippen molar-refractivity contribution >= 4 is 11.6 Å².